The first-order valence-corrected chi connectivity index (χ1v) is 6.33. The fraction of sp³-hybridized carbons (Fsp3) is 0.833. The molecule has 6 heteroatoms. The highest BCUT2D eigenvalue weighted by Gasteiger charge is 2.31. The topological polar surface area (TPSA) is 70.1 Å². The molecule has 1 aliphatic rings. The highest BCUT2D eigenvalue weighted by molar-refractivity contribution is 5.77. The summed E-state index contributed by atoms with van der Waals surface area (Å²) in [5, 5.41) is 8.89. The number of hydrogen-bond donors (Lipinski definition) is 1. The van der Waals surface area contributed by atoms with Crippen molar-refractivity contribution < 1.29 is 19.4 Å². The normalized spacial score (nSPS) is 21.5. The third-order valence-electron chi connectivity index (χ3n) is 3.28. The van der Waals surface area contributed by atoms with Crippen molar-refractivity contribution in [3.8, 4) is 0 Å². The van der Waals surface area contributed by atoms with Gasteiger partial charge in [0.05, 0.1) is 13.2 Å². The van der Waals surface area contributed by atoms with Crippen molar-refractivity contribution in [2.24, 2.45) is 0 Å². The fourth-order valence-electron chi connectivity index (χ4n) is 2.00. The molecule has 104 valence electrons. The third kappa shape index (κ3) is 3.60. The molecule has 0 bridgehead atoms. The lowest BCUT2D eigenvalue weighted by Crippen LogP contribution is -2.53. The maximum atomic E-state index is 12.2. The van der Waals surface area contributed by atoms with Gasteiger partial charge in [0.1, 0.15) is 0 Å². The molecule has 2 atom stereocenters. The van der Waals surface area contributed by atoms with Crippen LogP contribution in [-0.2, 0) is 9.53 Å². The van der Waals surface area contributed by atoms with Crippen molar-refractivity contribution in [1.29, 1.82) is 0 Å². The van der Waals surface area contributed by atoms with Crippen LogP contribution < -0.4 is 0 Å². The van der Waals surface area contributed by atoms with Gasteiger partial charge in [-0.15, -0.1) is 0 Å². The van der Waals surface area contributed by atoms with Gasteiger partial charge in [0.25, 0.3) is 0 Å². The number of aliphatic carboxylic acids is 1. The van der Waals surface area contributed by atoms with Gasteiger partial charge in [-0.2, -0.15) is 0 Å². The van der Waals surface area contributed by atoms with E-state index in [1.165, 1.54) is 0 Å². The number of carbonyl (C=O) groups is 2. The monoisotopic (exact) mass is 258 g/mol. The van der Waals surface area contributed by atoms with E-state index >= 15 is 0 Å². The largest absolute Gasteiger partial charge is 0.479 e. The number of morpholine rings is 1. The van der Waals surface area contributed by atoms with Crippen LogP contribution in [-0.4, -0.2) is 65.8 Å². The zero-order chi connectivity index (χ0) is 13.7. The Morgan fingerprint density at radius 1 is 1.56 bits per heavy atom. The van der Waals surface area contributed by atoms with Gasteiger partial charge in [-0.3, -0.25) is 0 Å². The van der Waals surface area contributed by atoms with Gasteiger partial charge >= 0.3 is 12.0 Å². The Hall–Kier alpha value is -1.30. The molecule has 1 aliphatic heterocycles. The molecule has 1 N–H and O–H groups in total. The molecule has 2 amide bonds. The lowest BCUT2D eigenvalue weighted by molar-refractivity contribution is -0.154. The molecule has 0 aliphatic carbocycles. The number of hydrogen-bond acceptors (Lipinski definition) is 3. The standard InChI is InChI=1S/C12H22N2O4/c1-4-5-9(2)13(3)12(17)14-6-7-18-10(8-14)11(15)16/h9-10H,4-8H2,1-3H3,(H,15,16). The SMILES string of the molecule is CCCC(C)N(C)C(=O)N1CCOC(C(=O)O)C1. The predicted octanol–water partition coefficient (Wildman–Crippen LogP) is 1.01. The molecule has 6 nitrogen and oxygen atoms in total. The first-order chi connectivity index (χ1) is 8.47. The summed E-state index contributed by atoms with van der Waals surface area (Å²) >= 11 is 0. The molecular formula is C12H22N2O4. The van der Waals surface area contributed by atoms with Crippen LogP contribution in [0.25, 0.3) is 0 Å². The minimum absolute atomic E-state index is 0.120. The molecule has 0 saturated carbocycles. The average molecular weight is 258 g/mol. The van der Waals surface area contributed by atoms with Crippen LogP contribution in [0.5, 0.6) is 0 Å². The Bertz CT molecular complexity index is 308. The van der Waals surface area contributed by atoms with Crippen LogP contribution in [0.15, 0.2) is 0 Å². The predicted molar refractivity (Wildman–Crippen MR) is 66.5 cm³/mol. The van der Waals surface area contributed by atoms with E-state index in [0.717, 1.165) is 12.8 Å². The second kappa shape index (κ2) is 6.58. The summed E-state index contributed by atoms with van der Waals surface area (Å²) in [4.78, 5) is 26.3. The molecule has 0 radical (unpaired) electrons. The highest BCUT2D eigenvalue weighted by atomic mass is 16.5. The van der Waals surface area contributed by atoms with Gasteiger partial charge in [0, 0.05) is 19.6 Å². The third-order valence-corrected chi connectivity index (χ3v) is 3.28. The van der Waals surface area contributed by atoms with Crippen LogP contribution in [0.3, 0.4) is 0 Å². The fourth-order valence-corrected chi connectivity index (χ4v) is 2.00. The Balaban J connectivity index is 2.57. The van der Waals surface area contributed by atoms with E-state index in [4.69, 9.17) is 9.84 Å². The number of ether oxygens (including phenoxy) is 1. The number of rotatable bonds is 4. The first-order valence-electron chi connectivity index (χ1n) is 6.33. The Labute approximate surface area is 107 Å². The summed E-state index contributed by atoms with van der Waals surface area (Å²) in [6.07, 6.45) is 1.05. The quantitative estimate of drug-likeness (QED) is 0.817. The first kappa shape index (κ1) is 14.8. The Kier molecular flexibility index (Phi) is 5.40. The molecule has 1 heterocycles. The van der Waals surface area contributed by atoms with E-state index in [1.807, 2.05) is 6.92 Å². The summed E-state index contributed by atoms with van der Waals surface area (Å²) < 4.78 is 5.10. The van der Waals surface area contributed by atoms with E-state index in [-0.39, 0.29) is 25.2 Å². The van der Waals surface area contributed by atoms with Crippen molar-refractivity contribution in [3.05, 3.63) is 0 Å². The number of carbonyl (C=O) groups excluding carboxylic acids is 1. The summed E-state index contributed by atoms with van der Waals surface area (Å²) in [5.41, 5.74) is 0. The van der Waals surface area contributed by atoms with E-state index in [2.05, 4.69) is 6.92 Å². The van der Waals surface area contributed by atoms with E-state index in [0.29, 0.717) is 6.54 Å². The number of amides is 2. The van der Waals surface area contributed by atoms with Gasteiger partial charge in [-0.25, -0.2) is 9.59 Å². The summed E-state index contributed by atoms with van der Waals surface area (Å²) in [6, 6.07) is 0.0409. The van der Waals surface area contributed by atoms with E-state index in [9.17, 15) is 9.59 Å². The molecule has 0 spiro atoms. The van der Waals surface area contributed by atoms with Crippen LogP contribution in [0.2, 0.25) is 0 Å². The van der Waals surface area contributed by atoms with Crippen molar-refractivity contribution in [2.45, 2.75) is 38.8 Å². The van der Waals surface area contributed by atoms with Gasteiger partial charge in [-0.1, -0.05) is 13.3 Å². The molecule has 1 rings (SSSR count). The average Bonchev–Trinajstić information content (AvgIpc) is 2.37. The summed E-state index contributed by atoms with van der Waals surface area (Å²) in [7, 11) is 1.76. The molecule has 1 fully saturated rings. The van der Waals surface area contributed by atoms with Crippen molar-refractivity contribution in [1.82, 2.24) is 9.80 Å². The number of carboxylic acids is 1. The molecule has 0 aromatic carbocycles. The Morgan fingerprint density at radius 3 is 2.78 bits per heavy atom. The second-order valence-electron chi connectivity index (χ2n) is 4.67. The molecule has 18 heavy (non-hydrogen) atoms. The Morgan fingerprint density at radius 2 is 2.22 bits per heavy atom. The lowest BCUT2D eigenvalue weighted by Gasteiger charge is -2.35. The summed E-state index contributed by atoms with van der Waals surface area (Å²) in [6.45, 7) is 4.92. The molecular weight excluding hydrogens is 236 g/mol. The summed E-state index contributed by atoms with van der Waals surface area (Å²) in [5.74, 6) is -1.02. The van der Waals surface area contributed by atoms with Crippen molar-refractivity contribution in [3.63, 3.8) is 0 Å². The zero-order valence-electron chi connectivity index (χ0n) is 11.3. The van der Waals surface area contributed by atoms with Gasteiger partial charge < -0.3 is 19.6 Å². The van der Waals surface area contributed by atoms with Crippen molar-refractivity contribution >= 4 is 12.0 Å². The number of nitrogens with zero attached hydrogens (tertiary/aromatic N) is 2. The minimum Gasteiger partial charge on any atom is -0.479 e. The lowest BCUT2D eigenvalue weighted by atomic mass is 10.2. The minimum atomic E-state index is -1.02. The smallest absolute Gasteiger partial charge is 0.334 e. The number of urea groups is 1. The number of carboxylic acid groups (broad SMARTS) is 1. The maximum absolute atomic E-state index is 12.2. The van der Waals surface area contributed by atoms with E-state index < -0.39 is 12.1 Å². The second-order valence-corrected chi connectivity index (χ2v) is 4.67. The van der Waals surface area contributed by atoms with Gasteiger partial charge in [-0.05, 0) is 13.3 Å². The van der Waals surface area contributed by atoms with Crippen LogP contribution in [0.4, 0.5) is 4.79 Å². The van der Waals surface area contributed by atoms with Crippen molar-refractivity contribution in [2.75, 3.05) is 26.7 Å². The maximum Gasteiger partial charge on any atom is 0.334 e. The van der Waals surface area contributed by atoms with Gasteiger partial charge in [0.15, 0.2) is 6.10 Å². The zero-order valence-corrected chi connectivity index (χ0v) is 11.3. The highest BCUT2D eigenvalue weighted by Crippen LogP contribution is 2.11. The van der Waals surface area contributed by atoms with E-state index in [1.54, 1.807) is 16.8 Å². The van der Waals surface area contributed by atoms with Crippen LogP contribution >= 0.6 is 0 Å². The van der Waals surface area contributed by atoms with Crippen LogP contribution in [0, 0.1) is 0 Å². The molecule has 1 saturated heterocycles. The molecule has 0 aromatic heterocycles. The molecule has 0 aromatic rings. The van der Waals surface area contributed by atoms with Crippen LogP contribution in [0.1, 0.15) is 26.7 Å². The van der Waals surface area contributed by atoms with Gasteiger partial charge in [0.2, 0.25) is 0 Å². The molecule has 2 unspecified atom stereocenters.